The number of hydrogen-bond donors (Lipinski definition) is 2. The molecule has 0 aliphatic heterocycles. The number of carbonyl (C=O) groups is 2. The van der Waals surface area contributed by atoms with Crippen molar-refractivity contribution >= 4 is 45.2 Å². The predicted octanol–water partition coefficient (Wildman–Crippen LogP) is 5.54. The van der Waals surface area contributed by atoms with Crippen LogP contribution in [-0.4, -0.2) is 17.6 Å². The zero-order valence-corrected chi connectivity index (χ0v) is 19.2. The van der Waals surface area contributed by atoms with Gasteiger partial charge in [-0.25, -0.2) is 0 Å². The lowest BCUT2D eigenvalue weighted by molar-refractivity contribution is -0.113. The van der Waals surface area contributed by atoms with Gasteiger partial charge >= 0.3 is 0 Å². The zero-order chi connectivity index (χ0) is 22.2. The van der Waals surface area contributed by atoms with Crippen LogP contribution in [0.15, 0.2) is 82.2 Å². The number of carbonyl (C=O) groups excluding carboxylic acids is 2. The standard InChI is InChI=1S/C24H20BrN3O2S/c1-16(19-9-2-4-11-21(19)25)27-24(30)20-10-3-5-12-22(20)31-15-23(29)28-18-8-6-7-17(13-18)14-26/h2-13,16H,15H2,1H3,(H,27,30)(H,28,29). The average molecular weight is 494 g/mol. The SMILES string of the molecule is CC(NC(=O)c1ccccc1SCC(=O)Nc1cccc(C#N)c1)c1ccccc1Br. The third-order valence-corrected chi connectivity index (χ3v) is 6.28. The van der Waals surface area contributed by atoms with Crippen molar-refractivity contribution in [1.82, 2.24) is 5.32 Å². The fourth-order valence-electron chi connectivity index (χ4n) is 2.97. The minimum absolute atomic E-state index is 0.140. The number of benzene rings is 3. The second-order valence-electron chi connectivity index (χ2n) is 6.74. The Bertz CT molecular complexity index is 1140. The van der Waals surface area contributed by atoms with Gasteiger partial charge in [-0.3, -0.25) is 9.59 Å². The maximum atomic E-state index is 12.9. The van der Waals surface area contributed by atoms with Crippen molar-refractivity contribution in [3.8, 4) is 6.07 Å². The molecule has 0 aromatic heterocycles. The fourth-order valence-corrected chi connectivity index (χ4v) is 4.44. The first kappa shape index (κ1) is 22.6. The van der Waals surface area contributed by atoms with Gasteiger partial charge < -0.3 is 10.6 Å². The molecule has 5 nitrogen and oxygen atoms in total. The highest BCUT2D eigenvalue weighted by Crippen LogP contribution is 2.26. The average Bonchev–Trinajstić information content (AvgIpc) is 2.78. The number of rotatable bonds is 7. The van der Waals surface area contributed by atoms with Gasteiger partial charge in [-0.05, 0) is 48.9 Å². The minimum Gasteiger partial charge on any atom is -0.345 e. The van der Waals surface area contributed by atoms with Gasteiger partial charge in [0.2, 0.25) is 5.91 Å². The molecule has 0 heterocycles. The predicted molar refractivity (Wildman–Crippen MR) is 127 cm³/mol. The summed E-state index contributed by atoms with van der Waals surface area (Å²) in [5.41, 5.74) is 2.55. The maximum Gasteiger partial charge on any atom is 0.252 e. The zero-order valence-electron chi connectivity index (χ0n) is 16.8. The third kappa shape index (κ3) is 6.20. The molecule has 2 N–H and O–H groups in total. The Morgan fingerprint density at radius 3 is 2.58 bits per heavy atom. The highest BCUT2D eigenvalue weighted by molar-refractivity contribution is 9.10. The Balaban J connectivity index is 1.64. The van der Waals surface area contributed by atoms with E-state index in [0.29, 0.717) is 16.8 Å². The highest BCUT2D eigenvalue weighted by atomic mass is 79.9. The van der Waals surface area contributed by atoms with Crippen LogP contribution in [0, 0.1) is 11.3 Å². The molecule has 1 atom stereocenters. The summed E-state index contributed by atoms with van der Waals surface area (Å²) in [5.74, 6) is -0.272. The van der Waals surface area contributed by atoms with Crippen LogP contribution in [0.4, 0.5) is 5.69 Å². The van der Waals surface area contributed by atoms with Crippen molar-refractivity contribution in [3.05, 3.63) is 94.0 Å². The summed E-state index contributed by atoms with van der Waals surface area (Å²) in [6, 6.07) is 23.6. The molecule has 0 spiro atoms. The Morgan fingerprint density at radius 1 is 1.06 bits per heavy atom. The second kappa shape index (κ2) is 10.8. The maximum absolute atomic E-state index is 12.9. The van der Waals surface area contributed by atoms with Crippen LogP contribution in [0.2, 0.25) is 0 Å². The Labute approximate surface area is 194 Å². The van der Waals surface area contributed by atoms with E-state index in [0.717, 1.165) is 14.9 Å². The van der Waals surface area contributed by atoms with E-state index in [4.69, 9.17) is 5.26 Å². The van der Waals surface area contributed by atoms with Gasteiger partial charge in [0.05, 0.1) is 29.0 Å². The van der Waals surface area contributed by atoms with Crippen LogP contribution >= 0.6 is 27.7 Å². The van der Waals surface area contributed by atoms with Crippen LogP contribution in [0.3, 0.4) is 0 Å². The number of nitrogens with one attached hydrogen (secondary N) is 2. The molecule has 0 saturated heterocycles. The van der Waals surface area contributed by atoms with Crippen molar-refractivity contribution in [1.29, 1.82) is 5.26 Å². The number of thioether (sulfide) groups is 1. The summed E-state index contributed by atoms with van der Waals surface area (Å²) in [7, 11) is 0. The molecule has 0 fully saturated rings. The van der Waals surface area contributed by atoms with E-state index in [1.807, 2.05) is 49.4 Å². The summed E-state index contributed by atoms with van der Waals surface area (Å²) < 4.78 is 0.933. The number of hydrogen-bond acceptors (Lipinski definition) is 4. The van der Waals surface area contributed by atoms with Gasteiger partial charge in [-0.1, -0.05) is 52.3 Å². The molecule has 7 heteroatoms. The summed E-state index contributed by atoms with van der Waals surface area (Å²) in [5, 5.41) is 14.8. The quantitative estimate of drug-likeness (QED) is 0.423. The van der Waals surface area contributed by atoms with Crippen LogP contribution < -0.4 is 10.6 Å². The molecule has 31 heavy (non-hydrogen) atoms. The number of halogens is 1. The largest absolute Gasteiger partial charge is 0.345 e. The van der Waals surface area contributed by atoms with Gasteiger partial charge in [0.1, 0.15) is 0 Å². The highest BCUT2D eigenvalue weighted by Gasteiger charge is 2.17. The van der Waals surface area contributed by atoms with Gasteiger partial charge in [0.15, 0.2) is 0 Å². The number of nitriles is 1. The van der Waals surface area contributed by atoms with Crippen LogP contribution in [-0.2, 0) is 4.79 Å². The lowest BCUT2D eigenvalue weighted by atomic mass is 10.1. The molecular formula is C24H20BrN3O2S. The first-order valence-electron chi connectivity index (χ1n) is 9.55. The Kier molecular flexibility index (Phi) is 7.88. The van der Waals surface area contributed by atoms with Gasteiger partial charge in [-0.2, -0.15) is 5.26 Å². The van der Waals surface area contributed by atoms with E-state index in [1.54, 1.807) is 36.4 Å². The van der Waals surface area contributed by atoms with E-state index in [2.05, 4.69) is 26.6 Å². The Hall–Kier alpha value is -3.08. The van der Waals surface area contributed by atoms with Crippen LogP contribution in [0.25, 0.3) is 0 Å². The third-order valence-electron chi connectivity index (χ3n) is 4.49. The van der Waals surface area contributed by atoms with Crippen LogP contribution in [0.5, 0.6) is 0 Å². The summed E-state index contributed by atoms with van der Waals surface area (Å²) in [6.07, 6.45) is 0. The lowest BCUT2D eigenvalue weighted by Crippen LogP contribution is -2.27. The van der Waals surface area contributed by atoms with Crippen molar-refractivity contribution in [2.45, 2.75) is 17.9 Å². The molecule has 3 aromatic rings. The molecule has 3 aromatic carbocycles. The molecule has 1 unspecified atom stereocenters. The molecule has 0 saturated carbocycles. The number of anilines is 1. The molecule has 2 amide bonds. The summed E-state index contributed by atoms with van der Waals surface area (Å²) in [6.45, 7) is 1.93. The number of amides is 2. The summed E-state index contributed by atoms with van der Waals surface area (Å²) in [4.78, 5) is 26.0. The molecule has 0 bridgehead atoms. The van der Waals surface area contributed by atoms with E-state index in [9.17, 15) is 9.59 Å². The molecule has 0 aliphatic rings. The number of nitrogens with zero attached hydrogens (tertiary/aromatic N) is 1. The first-order valence-corrected chi connectivity index (χ1v) is 11.3. The van der Waals surface area contributed by atoms with Crippen molar-refractivity contribution < 1.29 is 9.59 Å². The molecule has 156 valence electrons. The molecule has 0 aliphatic carbocycles. The lowest BCUT2D eigenvalue weighted by Gasteiger charge is -2.17. The smallest absolute Gasteiger partial charge is 0.252 e. The Morgan fingerprint density at radius 2 is 1.81 bits per heavy atom. The normalized spacial score (nSPS) is 11.3. The fraction of sp³-hybridized carbons (Fsp3) is 0.125. The molecular weight excluding hydrogens is 474 g/mol. The monoisotopic (exact) mass is 493 g/mol. The second-order valence-corrected chi connectivity index (χ2v) is 8.61. The summed E-state index contributed by atoms with van der Waals surface area (Å²) >= 11 is 4.81. The van der Waals surface area contributed by atoms with Gasteiger partial charge in [0.25, 0.3) is 5.91 Å². The minimum atomic E-state index is -0.211. The topological polar surface area (TPSA) is 82.0 Å². The molecule has 3 rings (SSSR count). The van der Waals surface area contributed by atoms with E-state index in [1.165, 1.54) is 11.8 Å². The van der Waals surface area contributed by atoms with Crippen molar-refractivity contribution in [2.75, 3.05) is 11.1 Å². The van der Waals surface area contributed by atoms with E-state index < -0.39 is 0 Å². The van der Waals surface area contributed by atoms with E-state index >= 15 is 0 Å². The van der Waals surface area contributed by atoms with Crippen LogP contribution in [0.1, 0.15) is 34.5 Å². The van der Waals surface area contributed by atoms with Gasteiger partial charge in [-0.15, -0.1) is 11.8 Å². The van der Waals surface area contributed by atoms with Gasteiger partial charge in [0, 0.05) is 15.1 Å². The molecule has 0 radical (unpaired) electrons. The van der Waals surface area contributed by atoms with E-state index in [-0.39, 0.29) is 23.6 Å². The first-order chi connectivity index (χ1) is 15.0. The van der Waals surface area contributed by atoms with Crippen molar-refractivity contribution in [3.63, 3.8) is 0 Å². The van der Waals surface area contributed by atoms with Crippen molar-refractivity contribution in [2.24, 2.45) is 0 Å².